The van der Waals surface area contributed by atoms with E-state index in [4.69, 9.17) is 4.74 Å². The molecule has 1 aromatic carbocycles. The number of hydrogen-bond donors (Lipinski definition) is 2. The van der Waals surface area contributed by atoms with Gasteiger partial charge >= 0.3 is 12.1 Å². The van der Waals surface area contributed by atoms with Crippen molar-refractivity contribution in [2.75, 3.05) is 0 Å². The van der Waals surface area contributed by atoms with Gasteiger partial charge in [0.15, 0.2) is 0 Å². The molecule has 2 bridgehead atoms. The third kappa shape index (κ3) is 2.50. The molecule has 0 aliphatic heterocycles. The van der Waals surface area contributed by atoms with Crippen molar-refractivity contribution >= 4 is 12.1 Å². The van der Waals surface area contributed by atoms with Crippen LogP contribution in [-0.4, -0.2) is 23.2 Å². The van der Waals surface area contributed by atoms with Gasteiger partial charge in [0, 0.05) is 5.92 Å². The minimum atomic E-state index is -0.831. The number of alkyl carbamates (subject to hydrolysis) is 1. The number of nitrogens with one attached hydrogen (secondary N) is 1. The zero-order valence-corrected chi connectivity index (χ0v) is 12.6. The molecule has 0 spiro atoms. The predicted octanol–water partition coefficient (Wildman–Crippen LogP) is 2.43. The number of allylic oxidation sites excluding steroid dienone is 1. The van der Waals surface area contributed by atoms with E-state index in [2.05, 4.69) is 11.4 Å². The molecule has 120 valence electrons. The van der Waals surface area contributed by atoms with Gasteiger partial charge in [-0.3, -0.25) is 4.79 Å². The molecule has 1 aromatic rings. The molecule has 0 radical (unpaired) electrons. The number of fused-ring (bicyclic) bond motifs is 1. The van der Waals surface area contributed by atoms with E-state index in [-0.39, 0.29) is 24.5 Å². The Bertz CT molecular complexity index is 656. The standard InChI is InChI=1S/C18H19NO4/c20-17(21)15-11-6-7-12(14-8-13(11)14)16(15)19-18(22)23-9-10-4-2-1-3-5-10/h1-7,11-16H,8-9H2,(H,19,22)(H,20,21)/t11?,12?,13?,14?,15-,16+/m0/s1. The Morgan fingerprint density at radius 2 is 1.83 bits per heavy atom. The van der Waals surface area contributed by atoms with E-state index in [9.17, 15) is 14.7 Å². The number of carboxylic acid groups (broad SMARTS) is 1. The van der Waals surface area contributed by atoms with Crippen LogP contribution in [0, 0.1) is 29.6 Å². The Kier molecular flexibility index (Phi) is 3.36. The zero-order chi connectivity index (χ0) is 16.0. The molecular formula is C18H19NO4. The molecule has 4 unspecified atom stereocenters. The summed E-state index contributed by atoms with van der Waals surface area (Å²) in [7, 11) is 0. The van der Waals surface area contributed by atoms with Crippen molar-refractivity contribution in [2.24, 2.45) is 29.6 Å². The first-order valence-electron chi connectivity index (χ1n) is 8.03. The number of ether oxygens (including phenoxy) is 1. The first-order chi connectivity index (χ1) is 11.1. The molecule has 4 aliphatic carbocycles. The van der Waals surface area contributed by atoms with Gasteiger partial charge in [-0.25, -0.2) is 4.79 Å². The molecule has 5 nitrogen and oxygen atoms in total. The smallest absolute Gasteiger partial charge is 0.407 e. The van der Waals surface area contributed by atoms with Gasteiger partial charge in [0.1, 0.15) is 6.61 Å². The molecule has 0 aromatic heterocycles. The number of carbonyl (C=O) groups excluding carboxylic acids is 1. The van der Waals surface area contributed by atoms with Gasteiger partial charge in [-0.15, -0.1) is 0 Å². The Labute approximate surface area is 134 Å². The highest BCUT2D eigenvalue weighted by Gasteiger charge is 2.61. The fraction of sp³-hybridized carbons (Fsp3) is 0.444. The largest absolute Gasteiger partial charge is 0.481 e. The third-order valence-corrected chi connectivity index (χ3v) is 5.43. The summed E-state index contributed by atoms with van der Waals surface area (Å²) in [6.45, 7) is 0.188. The Balaban J connectivity index is 1.42. The molecule has 6 atom stereocenters. The van der Waals surface area contributed by atoms with Crippen LogP contribution in [0.3, 0.4) is 0 Å². The maximum Gasteiger partial charge on any atom is 0.407 e. The molecule has 2 saturated carbocycles. The van der Waals surface area contributed by atoms with Gasteiger partial charge in [-0.05, 0) is 29.7 Å². The van der Waals surface area contributed by atoms with E-state index < -0.39 is 18.0 Å². The first-order valence-corrected chi connectivity index (χ1v) is 8.03. The van der Waals surface area contributed by atoms with Gasteiger partial charge in [-0.1, -0.05) is 42.5 Å². The summed E-state index contributed by atoms with van der Waals surface area (Å²) in [6, 6.07) is 9.07. The van der Waals surface area contributed by atoms with E-state index in [1.165, 1.54) is 0 Å². The van der Waals surface area contributed by atoms with E-state index in [0.717, 1.165) is 12.0 Å². The average molecular weight is 313 g/mol. The molecule has 2 fully saturated rings. The number of benzene rings is 1. The van der Waals surface area contributed by atoms with Crippen molar-refractivity contribution in [1.82, 2.24) is 5.32 Å². The lowest BCUT2D eigenvalue weighted by Gasteiger charge is -2.42. The van der Waals surface area contributed by atoms with Crippen LogP contribution < -0.4 is 5.32 Å². The Morgan fingerprint density at radius 1 is 1.13 bits per heavy atom. The van der Waals surface area contributed by atoms with Crippen LogP contribution in [0.15, 0.2) is 42.5 Å². The van der Waals surface area contributed by atoms with Crippen molar-refractivity contribution in [2.45, 2.75) is 19.1 Å². The van der Waals surface area contributed by atoms with Crippen molar-refractivity contribution in [3.63, 3.8) is 0 Å². The monoisotopic (exact) mass is 313 g/mol. The summed E-state index contributed by atoms with van der Waals surface area (Å²) >= 11 is 0. The number of carboxylic acids is 1. The maximum absolute atomic E-state index is 12.1. The zero-order valence-electron chi connectivity index (χ0n) is 12.6. The molecule has 5 heteroatoms. The topological polar surface area (TPSA) is 75.6 Å². The van der Waals surface area contributed by atoms with Crippen molar-refractivity contribution in [3.8, 4) is 0 Å². The van der Waals surface area contributed by atoms with Crippen LogP contribution in [0.5, 0.6) is 0 Å². The van der Waals surface area contributed by atoms with Crippen LogP contribution in [0.1, 0.15) is 12.0 Å². The highest BCUT2D eigenvalue weighted by atomic mass is 16.5. The fourth-order valence-electron chi connectivity index (χ4n) is 4.32. The second-order valence-electron chi connectivity index (χ2n) is 6.70. The summed E-state index contributed by atoms with van der Waals surface area (Å²) in [5.41, 5.74) is 0.907. The number of aliphatic carboxylic acids is 1. The Morgan fingerprint density at radius 3 is 2.57 bits per heavy atom. The lowest BCUT2D eigenvalue weighted by Crippen LogP contribution is -2.55. The highest BCUT2D eigenvalue weighted by Crippen LogP contribution is 2.61. The van der Waals surface area contributed by atoms with E-state index >= 15 is 0 Å². The van der Waals surface area contributed by atoms with Crippen LogP contribution in [0.2, 0.25) is 0 Å². The molecule has 0 saturated heterocycles. The minimum absolute atomic E-state index is 0.0434. The molecule has 1 amide bonds. The maximum atomic E-state index is 12.1. The lowest BCUT2D eigenvalue weighted by molar-refractivity contribution is -0.146. The number of hydrogen-bond acceptors (Lipinski definition) is 3. The van der Waals surface area contributed by atoms with Crippen LogP contribution in [0.4, 0.5) is 4.79 Å². The van der Waals surface area contributed by atoms with Gasteiger partial charge in [0.2, 0.25) is 0 Å². The van der Waals surface area contributed by atoms with Gasteiger partial charge < -0.3 is 15.2 Å². The van der Waals surface area contributed by atoms with E-state index in [1.54, 1.807) is 0 Å². The second-order valence-corrected chi connectivity index (χ2v) is 6.70. The van der Waals surface area contributed by atoms with Crippen LogP contribution in [0.25, 0.3) is 0 Å². The number of carbonyl (C=O) groups is 2. The quantitative estimate of drug-likeness (QED) is 0.837. The van der Waals surface area contributed by atoms with Crippen molar-refractivity contribution in [3.05, 3.63) is 48.0 Å². The van der Waals surface area contributed by atoms with Crippen molar-refractivity contribution in [1.29, 1.82) is 0 Å². The summed E-state index contributed by atoms with van der Waals surface area (Å²) < 4.78 is 5.25. The summed E-state index contributed by atoms with van der Waals surface area (Å²) in [6.07, 6.45) is 4.65. The molecule has 0 heterocycles. The first kappa shape index (κ1) is 14.3. The van der Waals surface area contributed by atoms with Crippen LogP contribution in [-0.2, 0) is 16.1 Å². The van der Waals surface area contributed by atoms with Crippen LogP contribution >= 0.6 is 0 Å². The predicted molar refractivity (Wildman–Crippen MR) is 82.4 cm³/mol. The lowest BCUT2D eigenvalue weighted by atomic mass is 9.66. The summed E-state index contributed by atoms with van der Waals surface area (Å²) in [5.74, 6) is -0.192. The van der Waals surface area contributed by atoms with Crippen molar-refractivity contribution < 1.29 is 19.4 Å². The normalized spacial score (nSPS) is 36.2. The fourth-order valence-corrected chi connectivity index (χ4v) is 4.32. The van der Waals surface area contributed by atoms with E-state index in [0.29, 0.717) is 11.8 Å². The molecular weight excluding hydrogens is 294 g/mol. The van der Waals surface area contributed by atoms with Gasteiger partial charge in [0.05, 0.1) is 12.0 Å². The Hall–Kier alpha value is -2.30. The highest BCUT2D eigenvalue weighted by molar-refractivity contribution is 5.75. The molecule has 5 rings (SSSR count). The molecule has 23 heavy (non-hydrogen) atoms. The molecule has 2 N–H and O–H groups in total. The summed E-state index contributed by atoms with van der Waals surface area (Å²) in [5, 5.41) is 12.4. The number of rotatable bonds is 4. The SMILES string of the molecule is O=C(N[C@@H]1C2C=CC(C3CC32)[C@@H]1C(=O)O)OCc1ccccc1. The third-order valence-electron chi connectivity index (χ3n) is 5.43. The molecule has 4 aliphatic rings. The van der Waals surface area contributed by atoms with Gasteiger partial charge in [0.25, 0.3) is 0 Å². The summed E-state index contributed by atoms with van der Waals surface area (Å²) in [4.78, 5) is 23.8. The minimum Gasteiger partial charge on any atom is -0.481 e. The van der Waals surface area contributed by atoms with E-state index in [1.807, 2.05) is 36.4 Å². The average Bonchev–Trinajstić information content (AvgIpc) is 3.36. The second kappa shape index (κ2) is 5.41. The number of amides is 1. The van der Waals surface area contributed by atoms with Gasteiger partial charge in [-0.2, -0.15) is 0 Å².